The van der Waals surface area contributed by atoms with Crippen LogP contribution in [-0.2, 0) is 0 Å². The quantitative estimate of drug-likeness (QED) is 0.522. The van der Waals surface area contributed by atoms with Crippen molar-refractivity contribution in [1.29, 1.82) is 5.26 Å². The average Bonchev–Trinajstić information content (AvgIpc) is 2.42. The summed E-state index contributed by atoms with van der Waals surface area (Å²) in [6.45, 7) is 13.8. The van der Waals surface area contributed by atoms with Crippen LogP contribution in [-0.4, -0.2) is 19.6 Å². The molecule has 1 N–H and O–H groups in total. The lowest BCUT2D eigenvalue weighted by Gasteiger charge is -2.29. The summed E-state index contributed by atoms with van der Waals surface area (Å²) in [5, 5.41) is 6.25. The lowest BCUT2D eigenvalue weighted by molar-refractivity contribution is -0.909. The van der Waals surface area contributed by atoms with Crippen molar-refractivity contribution in [1.82, 2.24) is 0 Å². The molecule has 0 bridgehead atoms. The predicted molar refractivity (Wildman–Crippen MR) is 76.9 cm³/mol. The molecule has 0 saturated carbocycles. The van der Waals surface area contributed by atoms with Crippen LogP contribution in [0.4, 0.5) is 0 Å². The van der Waals surface area contributed by atoms with E-state index in [0.29, 0.717) is 0 Å². The molecular weight excluding hydrogens is 220 g/mol. The normalized spacial score (nSPS) is 23.1. The second-order valence-electron chi connectivity index (χ2n) is 5.67. The summed E-state index contributed by atoms with van der Waals surface area (Å²) in [6, 6.07) is 0. The molecule has 2 heteroatoms. The number of rotatable bonds is 8. The standard InChI is InChI=1S/C15H31N.CN/c1-3-5-6-7-8-12-16-13-9-11-15(14-16)10-4-2;1-2/h15H,3-14H2,1-2H3;/q;-1/p+1. The molecular formula is C16H32N2. The van der Waals surface area contributed by atoms with Gasteiger partial charge in [0.25, 0.3) is 0 Å². The van der Waals surface area contributed by atoms with Gasteiger partial charge in [0.05, 0.1) is 19.6 Å². The van der Waals surface area contributed by atoms with Crippen molar-refractivity contribution in [3.05, 3.63) is 6.57 Å². The molecule has 1 heterocycles. The Hall–Kier alpha value is -0.550. The molecule has 1 aliphatic heterocycles. The topological polar surface area (TPSA) is 28.2 Å². The number of quaternary nitrogens is 1. The first-order valence-corrected chi connectivity index (χ1v) is 7.92. The molecule has 1 aliphatic rings. The number of unbranched alkanes of at least 4 members (excludes halogenated alkanes) is 4. The SMILES string of the molecule is CCCCCCC[NH+]1CCCC(CCC)C1.[C-]#N. The van der Waals surface area contributed by atoms with Crippen molar-refractivity contribution in [3.8, 4) is 0 Å². The Labute approximate surface area is 114 Å². The highest BCUT2D eigenvalue weighted by molar-refractivity contribution is 4.61. The molecule has 0 aromatic carbocycles. The van der Waals surface area contributed by atoms with E-state index in [2.05, 4.69) is 13.8 Å². The van der Waals surface area contributed by atoms with E-state index in [1.165, 1.54) is 77.4 Å². The van der Waals surface area contributed by atoms with E-state index in [-0.39, 0.29) is 0 Å². The molecule has 0 radical (unpaired) electrons. The zero-order chi connectivity index (χ0) is 13.6. The summed E-state index contributed by atoms with van der Waals surface area (Å²) >= 11 is 0. The van der Waals surface area contributed by atoms with E-state index in [4.69, 9.17) is 11.8 Å². The molecule has 1 saturated heterocycles. The third kappa shape index (κ3) is 8.53. The van der Waals surface area contributed by atoms with Crippen LogP contribution in [0.5, 0.6) is 0 Å². The lowest BCUT2D eigenvalue weighted by Crippen LogP contribution is -3.13. The fraction of sp³-hybridized carbons (Fsp3) is 0.938. The summed E-state index contributed by atoms with van der Waals surface area (Å²) < 4.78 is 0. The maximum atomic E-state index is 6.25. The van der Waals surface area contributed by atoms with E-state index in [1.807, 2.05) is 4.90 Å². The summed E-state index contributed by atoms with van der Waals surface area (Å²) in [7, 11) is 0. The van der Waals surface area contributed by atoms with Crippen molar-refractivity contribution in [3.63, 3.8) is 0 Å². The Morgan fingerprint density at radius 3 is 2.44 bits per heavy atom. The third-order valence-corrected chi connectivity index (χ3v) is 4.05. The van der Waals surface area contributed by atoms with Crippen LogP contribution in [0, 0.1) is 17.8 Å². The number of hydrogen-bond acceptors (Lipinski definition) is 1. The van der Waals surface area contributed by atoms with Crippen LogP contribution in [0.15, 0.2) is 0 Å². The second kappa shape index (κ2) is 12.9. The first-order valence-electron chi connectivity index (χ1n) is 7.92. The molecule has 1 rings (SSSR count). The van der Waals surface area contributed by atoms with Gasteiger partial charge in [-0.25, -0.2) is 0 Å². The molecule has 0 spiro atoms. The first-order chi connectivity index (χ1) is 8.86. The second-order valence-corrected chi connectivity index (χ2v) is 5.67. The maximum absolute atomic E-state index is 6.25. The largest absolute Gasteiger partial charge is 0.512 e. The van der Waals surface area contributed by atoms with Crippen LogP contribution in [0.3, 0.4) is 0 Å². The van der Waals surface area contributed by atoms with Crippen LogP contribution >= 0.6 is 0 Å². The smallest absolute Gasteiger partial charge is 0.0799 e. The molecule has 1 fully saturated rings. The Morgan fingerprint density at radius 2 is 1.78 bits per heavy atom. The van der Waals surface area contributed by atoms with Crippen LogP contribution in [0.2, 0.25) is 0 Å². The highest BCUT2D eigenvalue weighted by atomic mass is 15.1. The highest BCUT2D eigenvalue weighted by Gasteiger charge is 2.21. The Morgan fingerprint density at radius 1 is 1.06 bits per heavy atom. The minimum absolute atomic E-state index is 1.05. The summed E-state index contributed by atoms with van der Waals surface area (Å²) in [5.74, 6) is 1.05. The van der Waals surface area contributed by atoms with Gasteiger partial charge in [0.2, 0.25) is 0 Å². The minimum Gasteiger partial charge on any atom is -0.512 e. The van der Waals surface area contributed by atoms with Gasteiger partial charge in [-0.15, -0.1) is 0 Å². The van der Waals surface area contributed by atoms with Crippen molar-refractivity contribution in [2.45, 2.75) is 71.6 Å². The van der Waals surface area contributed by atoms with E-state index < -0.39 is 0 Å². The lowest BCUT2D eigenvalue weighted by atomic mass is 9.93. The molecule has 2 nitrogen and oxygen atoms in total. The van der Waals surface area contributed by atoms with E-state index in [0.717, 1.165) is 5.92 Å². The van der Waals surface area contributed by atoms with Gasteiger partial charge in [0.15, 0.2) is 0 Å². The Kier molecular flexibility index (Phi) is 12.5. The number of likely N-dealkylation sites (tertiary alicyclic amines) is 1. The average molecular weight is 252 g/mol. The van der Waals surface area contributed by atoms with E-state index in [1.54, 1.807) is 0 Å². The van der Waals surface area contributed by atoms with Crippen LogP contribution in [0.1, 0.15) is 71.6 Å². The van der Waals surface area contributed by atoms with Gasteiger partial charge in [-0.2, -0.15) is 0 Å². The summed E-state index contributed by atoms with van der Waals surface area (Å²) in [5.41, 5.74) is 0. The van der Waals surface area contributed by atoms with Crippen molar-refractivity contribution in [2.24, 2.45) is 5.92 Å². The fourth-order valence-electron chi connectivity index (χ4n) is 3.11. The van der Waals surface area contributed by atoms with Crippen molar-refractivity contribution >= 4 is 0 Å². The molecule has 0 amide bonds. The number of nitrogens with zero attached hydrogens (tertiary/aromatic N) is 1. The zero-order valence-corrected chi connectivity index (χ0v) is 12.5. The van der Waals surface area contributed by atoms with Gasteiger partial charge in [-0.05, 0) is 32.1 Å². The molecule has 106 valence electrons. The minimum atomic E-state index is 1.05. The monoisotopic (exact) mass is 252 g/mol. The van der Waals surface area contributed by atoms with E-state index >= 15 is 0 Å². The number of nitrogens with one attached hydrogen (secondary N) is 1. The van der Waals surface area contributed by atoms with Gasteiger partial charge in [0.1, 0.15) is 0 Å². The molecule has 0 aromatic rings. The molecule has 18 heavy (non-hydrogen) atoms. The van der Waals surface area contributed by atoms with Gasteiger partial charge in [-0.3, -0.25) is 0 Å². The zero-order valence-electron chi connectivity index (χ0n) is 12.5. The Balaban J connectivity index is 0.00000137. The fourth-order valence-corrected chi connectivity index (χ4v) is 3.11. The number of hydrogen-bond donors (Lipinski definition) is 1. The molecule has 0 aromatic heterocycles. The van der Waals surface area contributed by atoms with Crippen molar-refractivity contribution < 1.29 is 4.90 Å². The van der Waals surface area contributed by atoms with Crippen LogP contribution in [0.25, 0.3) is 0 Å². The predicted octanol–water partition coefficient (Wildman–Crippen LogP) is 3.15. The third-order valence-electron chi connectivity index (χ3n) is 4.05. The van der Waals surface area contributed by atoms with Crippen LogP contribution < -0.4 is 4.90 Å². The summed E-state index contributed by atoms with van der Waals surface area (Å²) in [6.07, 6.45) is 13.0. The Bertz CT molecular complexity index is 187. The van der Waals surface area contributed by atoms with Gasteiger partial charge < -0.3 is 16.7 Å². The van der Waals surface area contributed by atoms with Crippen molar-refractivity contribution in [2.75, 3.05) is 19.6 Å². The molecule has 2 unspecified atom stereocenters. The summed E-state index contributed by atoms with van der Waals surface area (Å²) in [4.78, 5) is 1.90. The van der Waals surface area contributed by atoms with Gasteiger partial charge in [0, 0.05) is 5.92 Å². The molecule has 0 aliphatic carbocycles. The van der Waals surface area contributed by atoms with Gasteiger partial charge >= 0.3 is 0 Å². The maximum Gasteiger partial charge on any atom is 0.0799 e. The van der Waals surface area contributed by atoms with Gasteiger partial charge in [-0.1, -0.05) is 39.5 Å². The highest BCUT2D eigenvalue weighted by Crippen LogP contribution is 2.13. The molecule has 2 atom stereocenters. The first kappa shape index (κ1) is 17.4. The van der Waals surface area contributed by atoms with E-state index in [9.17, 15) is 0 Å². The number of piperidine rings is 1.